The average Bonchev–Trinajstić information content (AvgIpc) is 3.13. The highest BCUT2D eigenvalue weighted by Crippen LogP contribution is 2.39. The van der Waals surface area contributed by atoms with Crippen molar-refractivity contribution < 1.29 is 24.2 Å². The zero-order chi connectivity index (χ0) is 26.1. The van der Waals surface area contributed by atoms with Crippen LogP contribution < -0.4 is 9.47 Å². The van der Waals surface area contributed by atoms with Gasteiger partial charge in [-0.1, -0.05) is 38.8 Å². The monoisotopic (exact) mass is 494 g/mol. The number of ketones is 1. The van der Waals surface area contributed by atoms with Crippen molar-refractivity contribution in [3.8, 4) is 11.5 Å². The predicted octanol–water partition coefficient (Wildman–Crippen LogP) is 5.03. The van der Waals surface area contributed by atoms with E-state index in [2.05, 4.69) is 13.8 Å². The van der Waals surface area contributed by atoms with E-state index >= 15 is 0 Å². The van der Waals surface area contributed by atoms with Gasteiger partial charge in [-0.15, -0.1) is 0 Å². The van der Waals surface area contributed by atoms with Crippen LogP contribution in [0.25, 0.3) is 5.76 Å². The van der Waals surface area contributed by atoms with Crippen LogP contribution in [-0.2, 0) is 9.59 Å². The molecule has 0 aromatic heterocycles. The van der Waals surface area contributed by atoms with Gasteiger partial charge in [0.1, 0.15) is 17.3 Å². The maximum absolute atomic E-state index is 13.2. The number of ether oxygens (including phenoxy) is 2. The van der Waals surface area contributed by atoms with E-state index in [1.54, 1.807) is 29.2 Å². The molecule has 1 fully saturated rings. The van der Waals surface area contributed by atoms with Crippen LogP contribution in [0, 0.1) is 0 Å². The van der Waals surface area contributed by atoms with E-state index < -0.39 is 17.7 Å². The first-order chi connectivity index (χ1) is 17.4. The highest BCUT2D eigenvalue weighted by atomic mass is 16.5. The number of hydrogen-bond acceptors (Lipinski definition) is 6. The topological polar surface area (TPSA) is 79.3 Å². The van der Waals surface area contributed by atoms with Crippen molar-refractivity contribution in [1.82, 2.24) is 9.80 Å². The molecule has 2 aromatic rings. The van der Waals surface area contributed by atoms with Crippen LogP contribution >= 0.6 is 0 Å². The molecule has 1 saturated heterocycles. The molecule has 0 bridgehead atoms. The molecular weight excluding hydrogens is 456 g/mol. The van der Waals surface area contributed by atoms with Crippen molar-refractivity contribution in [1.29, 1.82) is 0 Å². The van der Waals surface area contributed by atoms with E-state index in [4.69, 9.17) is 9.47 Å². The minimum absolute atomic E-state index is 0.0954. The summed E-state index contributed by atoms with van der Waals surface area (Å²) in [5, 5.41) is 11.2. The minimum Gasteiger partial charge on any atom is -0.507 e. The molecule has 1 aliphatic rings. The quantitative estimate of drug-likeness (QED) is 0.182. The number of carbonyl (C=O) groups excluding carboxylic acids is 2. The molecule has 0 saturated carbocycles. The molecule has 7 nitrogen and oxygen atoms in total. The van der Waals surface area contributed by atoms with Gasteiger partial charge in [0.15, 0.2) is 0 Å². The molecule has 0 spiro atoms. The summed E-state index contributed by atoms with van der Waals surface area (Å²) in [4.78, 5) is 29.7. The first kappa shape index (κ1) is 27.3. The van der Waals surface area contributed by atoms with Crippen LogP contribution in [0.3, 0.4) is 0 Å². The molecular formula is C29H38N2O5. The lowest BCUT2D eigenvalue weighted by molar-refractivity contribution is -0.140. The number of rotatable bonds is 13. The number of amides is 1. The van der Waals surface area contributed by atoms with E-state index in [9.17, 15) is 14.7 Å². The molecule has 7 heteroatoms. The van der Waals surface area contributed by atoms with Gasteiger partial charge >= 0.3 is 0 Å². The van der Waals surface area contributed by atoms with Gasteiger partial charge in [-0.2, -0.15) is 0 Å². The van der Waals surface area contributed by atoms with E-state index in [0.717, 1.165) is 37.0 Å². The highest BCUT2D eigenvalue weighted by Gasteiger charge is 2.45. The summed E-state index contributed by atoms with van der Waals surface area (Å²) in [7, 11) is 3.83. The summed E-state index contributed by atoms with van der Waals surface area (Å²) < 4.78 is 11.5. The normalized spacial score (nSPS) is 17.1. The molecule has 1 atom stereocenters. The van der Waals surface area contributed by atoms with Gasteiger partial charge < -0.3 is 24.4 Å². The van der Waals surface area contributed by atoms with Crippen LogP contribution in [0.4, 0.5) is 0 Å². The van der Waals surface area contributed by atoms with E-state index in [-0.39, 0.29) is 11.3 Å². The molecule has 2 aromatic carbocycles. The molecule has 1 aliphatic heterocycles. The Balaban J connectivity index is 1.95. The van der Waals surface area contributed by atoms with Gasteiger partial charge in [-0.05, 0) is 68.9 Å². The van der Waals surface area contributed by atoms with Crippen LogP contribution in [-0.4, -0.2) is 67.0 Å². The van der Waals surface area contributed by atoms with Gasteiger partial charge in [0.2, 0.25) is 0 Å². The number of likely N-dealkylation sites (N-methyl/N-ethyl adjacent to an activating group) is 1. The fourth-order valence-corrected chi connectivity index (χ4v) is 4.04. The molecule has 1 amide bonds. The second-order valence-corrected chi connectivity index (χ2v) is 9.29. The first-order valence-electron chi connectivity index (χ1n) is 12.8. The lowest BCUT2D eigenvalue weighted by atomic mass is 9.95. The zero-order valence-corrected chi connectivity index (χ0v) is 21.8. The third-order valence-corrected chi connectivity index (χ3v) is 6.18. The molecule has 0 aliphatic carbocycles. The van der Waals surface area contributed by atoms with Gasteiger partial charge in [-0.3, -0.25) is 9.59 Å². The average molecular weight is 495 g/mol. The summed E-state index contributed by atoms with van der Waals surface area (Å²) >= 11 is 0. The summed E-state index contributed by atoms with van der Waals surface area (Å²) in [6.45, 7) is 6.41. The van der Waals surface area contributed by atoms with Crippen molar-refractivity contribution in [3.63, 3.8) is 0 Å². The number of hydrogen-bond donors (Lipinski definition) is 1. The molecule has 1 unspecified atom stereocenters. The Hall–Kier alpha value is -3.32. The Morgan fingerprint density at radius 3 is 1.92 bits per heavy atom. The van der Waals surface area contributed by atoms with Crippen molar-refractivity contribution in [2.75, 3.05) is 40.4 Å². The number of carbonyl (C=O) groups is 2. The Morgan fingerprint density at radius 1 is 0.889 bits per heavy atom. The van der Waals surface area contributed by atoms with Crippen LogP contribution in [0.2, 0.25) is 0 Å². The third-order valence-electron chi connectivity index (χ3n) is 6.18. The standard InChI is InChI=1S/C29H38N2O5/c1-5-7-19-35-23-13-9-21(10-14-23)26-25(28(33)29(34)31(26)18-17-30(3)4)27(32)22-11-15-24(16-12-22)36-20-8-6-2/h9-16,26,32H,5-8,17-20H2,1-4H3/b27-25+. The second-order valence-electron chi connectivity index (χ2n) is 9.29. The minimum atomic E-state index is -0.685. The van der Waals surface area contributed by atoms with Crippen LogP contribution in [0.15, 0.2) is 54.1 Å². The van der Waals surface area contributed by atoms with Crippen molar-refractivity contribution in [3.05, 3.63) is 65.2 Å². The number of likely N-dealkylation sites (tertiary alicyclic amines) is 1. The Labute approximate surface area is 214 Å². The molecule has 3 rings (SSSR count). The largest absolute Gasteiger partial charge is 0.507 e. The molecule has 36 heavy (non-hydrogen) atoms. The molecule has 1 N–H and O–H groups in total. The van der Waals surface area contributed by atoms with E-state index in [1.165, 1.54) is 0 Å². The van der Waals surface area contributed by atoms with Gasteiger partial charge in [-0.25, -0.2) is 0 Å². The van der Waals surface area contributed by atoms with Crippen LogP contribution in [0.5, 0.6) is 11.5 Å². The number of aliphatic hydroxyl groups excluding tert-OH is 1. The van der Waals surface area contributed by atoms with Gasteiger partial charge in [0, 0.05) is 18.7 Å². The lowest BCUT2D eigenvalue weighted by Gasteiger charge is -2.26. The summed E-state index contributed by atoms with van der Waals surface area (Å²) in [5.74, 6) is -0.0409. The number of Topliss-reactive ketones (excluding diaryl/α,β-unsaturated/α-hetero) is 1. The summed E-state index contributed by atoms with van der Waals surface area (Å²) in [6, 6.07) is 13.7. The molecule has 1 heterocycles. The number of unbranched alkanes of at least 4 members (excludes halogenated alkanes) is 2. The summed E-state index contributed by atoms with van der Waals surface area (Å²) in [5.41, 5.74) is 1.31. The fourth-order valence-electron chi connectivity index (χ4n) is 4.04. The van der Waals surface area contributed by atoms with Crippen molar-refractivity contribution in [2.45, 2.75) is 45.6 Å². The maximum Gasteiger partial charge on any atom is 0.295 e. The van der Waals surface area contributed by atoms with Crippen molar-refractivity contribution in [2.24, 2.45) is 0 Å². The SMILES string of the molecule is CCCCOc1ccc(/C(O)=C2\C(=O)C(=O)N(CCN(C)C)C2c2ccc(OCCCC)cc2)cc1. The number of nitrogens with zero attached hydrogens (tertiary/aromatic N) is 2. The maximum atomic E-state index is 13.2. The number of aliphatic hydroxyl groups is 1. The Bertz CT molecular complexity index is 1040. The van der Waals surface area contributed by atoms with Crippen molar-refractivity contribution >= 4 is 17.4 Å². The summed E-state index contributed by atoms with van der Waals surface area (Å²) in [6.07, 6.45) is 4.01. The van der Waals surface area contributed by atoms with E-state index in [0.29, 0.717) is 37.6 Å². The zero-order valence-electron chi connectivity index (χ0n) is 21.8. The predicted molar refractivity (Wildman–Crippen MR) is 141 cm³/mol. The highest BCUT2D eigenvalue weighted by molar-refractivity contribution is 6.46. The third kappa shape index (κ3) is 6.66. The Kier molecular flexibility index (Phi) is 9.94. The molecule has 0 radical (unpaired) electrons. The number of benzene rings is 2. The second kappa shape index (κ2) is 13.1. The van der Waals surface area contributed by atoms with Crippen LogP contribution in [0.1, 0.15) is 56.7 Å². The molecule has 194 valence electrons. The van der Waals surface area contributed by atoms with E-state index in [1.807, 2.05) is 43.3 Å². The fraction of sp³-hybridized carbons (Fsp3) is 0.448. The first-order valence-corrected chi connectivity index (χ1v) is 12.8. The Morgan fingerprint density at radius 2 is 1.42 bits per heavy atom. The van der Waals surface area contributed by atoms with Gasteiger partial charge in [0.25, 0.3) is 11.7 Å². The van der Waals surface area contributed by atoms with Gasteiger partial charge in [0.05, 0.1) is 24.8 Å². The smallest absolute Gasteiger partial charge is 0.295 e. The lowest BCUT2D eigenvalue weighted by Crippen LogP contribution is -2.35.